The fourth-order valence-corrected chi connectivity index (χ4v) is 2.53. The molecule has 2 heteroatoms. The second-order valence-corrected chi connectivity index (χ2v) is 6.32. The fourth-order valence-electron chi connectivity index (χ4n) is 2.53. The van der Waals surface area contributed by atoms with E-state index < -0.39 is 0 Å². The van der Waals surface area contributed by atoms with Gasteiger partial charge in [-0.25, -0.2) is 0 Å². The Balaban J connectivity index is 4.93. The Bertz CT molecular complexity index is 233. The summed E-state index contributed by atoms with van der Waals surface area (Å²) in [7, 11) is 4.13. The third-order valence-electron chi connectivity index (χ3n) is 3.54. The van der Waals surface area contributed by atoms with Crippen molar-refractivity contribution in [1.82, 2.24) is 4.90 Å². The van der Waals surface area contributed by atoms with Gasteiger partial charge in [-0.15, -0.1) is 0 Å². The highest BCUT2D eigenvalue weighted by Crippen LogP contribution is 2.34. The monoisotopic (exact) mass is 241 g/mol. The summed E-state index contributed by atoms with van der Waals surface area (Å²) in [6.07, 6.45) is 3.12. The lowest BCUT2D eigenvalue weighted by molar-refractivity contribution is -0.133. The molecular weight excluding hydrogens is 210 g/mol. The molecule has 1 atom stereocenters. The molecule has 0 spiro atoms. The van der Waals surface area contributed by atoms with Crippen molar-refractivity contribution in [3.63, 3.8) is 0 Å². The maximum absolute atomic E-state index is 12.5. The van der Waals surface area contributed by atoms with E-state index in [1.807, 2.05) is 13.8 Å². The Morgan fingerprint density at radius 3 is 2.00 bits per heavy atom. The Labute approximate surface area is 108 Å². The third-order valence-corrected chi connectivity index (χ3v) is 3.54. The number of hydrogen-bond donors (Lipinski definition) is 0. The van der Waals surface area contributed by atoms with Crippen molar-refractivity contribution in [2.24, 2.45) is 17.3 Å². The van der Waals surface area contributed by atoms with Gasteiger partial charge in [0.25, 0.3) is 0 Å². The molecule has 0 bridgehead atoms. The lowest BCUT2D eigenvalue weighted by Crippen LogP contribution is -2.42. The van der Waals surface area contributed by atoms with Crippen molar-refractivity contribution in [2.75, 3.05) is 20.6 Å². The lowest BCUT2D eigenvalue weighted by atomic mass is 9.72. The van der Waals surface area contributed by atoms with Gasteiger partial charge < -0.3 is 4.90 Å². The third kappa shape index (κ3) is 5.20. The zero-order chi connectivity index (χ0) is 13.6. The summed E-state index contributed by atoms with van der Waals surface area (Å²) < 4.78 is 0. The summed E-state index contributed by atoms with van der Waals surface area (Å²) in [4.78, 5) is 14.7. The molecule has 0 rings (SSSR count). The highest BCUT2D eigenvalue weighted by molar-refractivity contribution is 5.86. The van der Waals surface area contributed by atoms with E-state index in [1.165, 1.54) is 0 Å². The van der Waals surface area contributed by atoms with Gasteiger partial charge >= 0.3 is 0 Å². The summed E-state index contributed by atoms with van der Waals surface area (Å²) in [5, 5.41) is 0. The van der Waals surface area contributed by atoms with Crippen LogP contribution in [-0.2, 0) is 4.79 Å². The molecule has 0 aliphatic heterocycles. The van der Waals surface area contributed by atoms with E-state index in [1.54, 1.807) is 0 Å². The topological polar surface area (TPSA) is 20.3 Å². The SMILES string of the molecule is CCC(CCC(C)C)(CN(C)C)C(=O)C(C)C. The number of hydrogen-bond acceptors (Lipinski definition) is 2. The van der Waals surface area contributed by atoms with Crippen LogP contribution in [0.3, 0.4) is 0 Å². The largest absolute Gasteiger partial charge is 0.308 e. The molecule has 0 radical (unpaired) electrons. The second-order valence-electron chi connectivity index (χ2n) is 6.32. The predicted octanol–water partition coefficient (Wildman–Crippen LogP) is 3.61. The number of ketones is 1. The summed E-state index contributed by atoms with van der Waals surface area (Å²) >= 11 is 0. The molecule has 0 amide bonds. The van der Waals surface area contributed by atoms with Gasteiger partial charge in [0.1, 0.15) is 5.78 Å². The van der Waals surface area contributed by atoms with Gasteiger partial charge in [-0.3, -0.25) is 4.79 Å². The number of carbonyl (C=O) groups is 1. The van der Waals surface area contributed by atoms with Gasteiger partial charge in [0, 0.05) is 17.9 Å². The van der Waals surface area contributed by atoms with Crippen LogP contribution in [0.1, 0.15) is 53.9 Å². The van der Waals surface area contributed by atoms with Gasteiger partial charge in [0.2, 0.25) is 0 Å². The van der Waals surface area contributed by atoms with Crippen molar-refractivity contribution in [3.8, 4) is 0 Å². The average molecular weight is 241 g/mol. The lowest BCUT2D eigenvalue weighted by Gasteiger charge is -2.36. The second kappa shape index (κ2) is 7.15. The first-order chi connectivity index (χ1) is 7.75. The predicted molar refractivity (Wildman–Crippen MR) is 75.2 cm³/mol. The number of rotatable bonds is 8. The minimum absolute atomic E-state index is 0.137. The van der Waals surface area contributed by atoms with Gasteiger partial charge in [0.05, 0.1) is 0 Å². The molecule has 0 aromatic rings. The molecule has 0 N–H and O–H groups in total. The summed E-state index contributed by atoms with van der Waals surface area (Å²) in [5.74, 6) is 1.25. The maximum Gasteiger partial charge on any atom is 0.142 e. The van der Waals surface area contributed by atoms with E-state index in [4.69, 9.17) is 0 Å². The smallest absolute Gasteiger partial charge is 0.142 e. The molecule has 17 heavy (non-hydrogen) atoms. The number of carbonyl (C=O) groups excluding carboxylic acids is 1. The zero-order valence-corrected chi connectivity index (χ0v) is 12.8. The fraction of sp³-hybridized carbons (Fsp3) is 0.933. The number of nitrogens with zero attached hydrogens (tertiary/aromatic N) is 1. The van der Waals surface area contributed by atoms with Crippen molar-refractivity contribution < 1.29 is 4.79 Å². The number of Topliss-reactive ketones (excluding diaryl/α,β-unsaturated/α-hetero) is 1. The highest BCUT2D eigenvalue weighted by Gasteiger charge is 2.37. The van der Waals surface area contributed by atoms with E-state index in [0.717, 1.165) is 25.8 Å². The minimum Gasteiger partial charge on any atom is -0.308 e. The van der Waals surface area contributed by atoms with Crippen molar-refractivity contribution >= 4 is 5.78 Å². The van der Waals surface area contributed by atoms with Crippen molar-refractivity contribution in [2.45, 2.75) is 53.9 Å². The maximum atomic E-state index is 12.5. The van der Waals surface area contributed by atoms with Gasteiger partial charge in [-0.1, -0.05) is 34.6 Å². The minimum atomic E-state index is -0.137. The van der Waals surface area contributed by atoms with Crippen LogP contribution in [0.2, 0.25) is 0 Å². The molecule has 0 saturated carbocycles. The standard InChI is InChI=1S/C15H31NO/c1-8-15(11-16(6)7,10-9-12(2)3)14(17)13(4)5/h12-13H,8-11H2,1-7H3. The first kappa shape index (κ1) is 16.6. The van der Waals surface area contributed by atoms with Crippen LogP contribution in [0, 0.1) is 17.3 Å². The molecule has 1 unspecified atom stereocenters. The van der Waals surface area contributed by atoms with Crippen LogP contribution >= 0.6 is 0 Å². The first-order valence-corrected chi connectivity index (χ1v) is 6.94. The molecule has 0 aliphatic rings. The van der Waals surface area contributed by atoms with E-state index in [2.05, 4.69) is 39.8 Å². The van der Waals surface area contributed by atoms with E-state index in [0.29, 0.717) is 11.7 Å². The Morgan fingerprint density at radius 2 is 1.71 bits per heavy atom. The normalized spacial score (nSPS) is 15.6. The quantitative estimate of drug-likeness (QED) is 0.647. The average Bonchev–Trinajstić information content (AvgIpc) is 2.22. The van der Waals surface area contributed by atoms with Crippen LogP contribution in [0.5, 0.6) is 0 Å². The molecular formula is C15H31NO. The highest BCUT2D eigenvalue weighted by atomic mass is 16.1. The first-order valence-electron chi connectivity index (χ1n) is 6.94. The molecule has 2 nitrogen and oxygen atoms in total. The Kier molecular flexibility index (Phi) is 6.99. The van der Waals surface area contributed by atoms with Gasteiger partial charge in [-0.2, -0.15) is 0 Å². The van der Waals surface area contributed by atoms with Gasteiger partial charge in [0.15, 0.2) is 0 Å². The van der Waals surface area contributed by atoms with Crippen LogP contribution in [0.4, 0.5) is 0 Å². The van der Waals surface area contributed by atoms with Crippen LogP contribution in [-0.4, -0.2) is 31.3 Å². The van der Waals surface area contributed by atoms with Crippen LogP contribution < -0.4 is 0 Å². The van der Waals surface area contributed by atoms with Gasteiger partial charge in [-0.05, 0) is 39.3 Å². The molecule has 0 aromatic carbocycles. The van der Waals surface area contributed by atoms with Crippen molar-refractivity contribution in [3.05, 3.63) is 0 Å². The Morgan fingerprint density at radius 1 is 1.18 bits per heavy atom. The molecule has 0 aliphatic carbocycles. The van der Waals surface area contributed by atoms with Crippen LogP contribution in [0.15, 0.2) is 0 Å². The molecule has 0 saturated heterocycles. The molecule has 0 aromatic heterocycles. The summed E-state index contributed by atoms with van der Waals surface area (Å²) in [6.45, 7) is 11.6. The van der Waals surface area contributed by atoms with E-state index in [9.17, 15) is 4.79 Å². The molecule has 0 fully saturated rings. The molecule has 0 heterocycles. The van der Waals surface area contributed by atoms with Crippen molar-refractivity contribution in [1.29, 1.82) is 0 Å². The van der Waals surface area contributed by atoms with E-state index >= 15 is 0 Å². The summed E-state index contributed by atoms with van der Waals surface area (Å²) in [6, 6.07) is 0. The summed E-state index contributed by atoms with van der Waals surface area (Å²) in [5.41, 5.74) is -0.137. The Hall–Kier alpha value is -0.370. The molecule has 102 valence electrons. The van der Waals surface area contributed by atoms with Crippen LogP contribution in [0.25, 0.3) is 0 Å². The van der Waals surface area contributed by atoms with E-state index in [-0.39, 0.29) is 11.3 Å². The zero-order valence-electron chi connectivity index (χ0n) is 12.8.